The topological polar surface area (TPSA) is 128 Å². The van der Waals surface area contributed by atoms with Gasteiger partial charge in [-0.05, 0) is 38.5 Å². The van der Waals surface area contributed by atoms with Gasteiger partial charge in [0, 0.05) is 5.54 Å². The number of rotatable bonds is 3. The second-order valence-electron chi connectivity index (χ2n) is 6.84. The third-order valence-corrected chi connectivity index (χ3v) is 3.52. The average molecular weight is 356 g/mol. The molecule has 2 aromatic heterocycles. The number of fused-ring (bicyclic) bond motifs is 1. The van der Waals surface area contributed by atoms with Crippen LogP contribution in [0.1, 0.15) is 26.3 Å². The van der Waals surface area contributed by atoms with E-state index in [0.717, 1.165) is 5.56 Å². The lowest BCUT2D eigenvalue weighted by Crippen LogP contribution is -2.40. The molecule has 0 aliphatic rings. The number of nitrogens with one attached hydrogen (secondary N) is 2. The number of H-pyrrole nitrogens is 1. The van der Waals surface area contributed by atoms with Gasteiger partial charge in [-0.1, -0.05) is 12.1 Å². The molecule has 0 spiro atoms. The second kappa shape index (κ2) is 6.51. The minimum Gasteiger partial charge on any atom is -0.445 e. The number of carbonyl (C=O) groups excluding carboxylic acids is 1. The van der Waals surface area contributed by atoms with Crippen molar-refractivity contribution < 1.29 is 9.53 Å². The highest BCUT2D eigenvalue weighted by molar-refractivity contribution is 5.82. The van der Waals surface area contributed by atoms with Gasteiger partial charge < -0.3 is 20.8 Å². The van der Waals surface area contributed by atoms with Gasteiger partial charge in [0.25, 0.3) is 0 Å². The minimum absolute atomic E-state index is 0.0734. The number of nitrogens with two attached hydrogens (primary N) is 1. The Bertz CT molecular complexity index is 1020. The maximum atomic E-state index is 12.3. The summed E-state index contributed by atoms with van der Waals surface area (Å²) in [6, 6.07) is 7.08. The normalized spacial score (nSPS) is 11.5. The molecule has 3 aromatic rings. The summed E-state index contributed by atoms with van der Waals surface area (Å²) in [7, 11) is 0. The van der Waals surface area contributed by atoms with Gasteiger partial charge >= 0.3 is 11.8 Å². The van der Waals surface area contributed by atoms with Crippen molar-refractivity contribution in [3.63, 3.8) is 0 Å². The number of aromatic nitrogens is 4. The Hall–Kier alpha value is -3.36. The molecule has 0 aliphatic carbocycles. The van der Waals surface area contributed by atoms with Gasteiger partial charge in [0.05, 0.1) is 5.69 Å². The average Bonchev–Trinajstić information content (AvgIpc) is 2.89. The first kappa shape index (κ1) is 17.5. The third-order valence-electron chi connectivity index (χ3n) is 3.52. The molecule has 4 N–H and O–H groups in total. The van der Waals surface area contributed by atoms with Crippen molar-refractivity contribution in [1.82, 2.24) is 24.8 Å². The van der Waals surface area contributed by atoms with Gasteiger partial charge in [-0.2, -0.15) is 0 Å². The highest BCUT2D eigenvalue weighted by atomic mass is 16.5. The molecule has 0 saturated heterocycles. The number of nitrogen functional groups attached to an aromatic ring is 1. The first-order valence-corrected chi connectivity index (χ1v) is 8.00. The second-order valence-corrected chi connectivity index (χ2v) is 6.84. The predicted octanol–water partition coefficient (Wildman–Crippen LogP) is 1.72. The summed E-state index contributed by atoms with van der Waals surface area (Å²) in [6.07, 6.45) is 0.790. The SMILES string of the molecule is CC(C)(C)NC(=O)OCc1cccc(-n2c(=O)[nH]c3c(N)ncnc32)c1. The largest absolute Gasteiger partial charge is 0.445 e. The van der Waals surface area contributed by atoms with Crippen LogP contribution in [-0.4, -0.2) is 31.2 Å². The number of imidazole rings is 1. The Morgan fingerprint density at radius 1 is 1.35 bits per heavy atom. The number of alkyl carbamates (subject to hydrolysis) is 1. The van der Waals surface area contributed by atoms with Crippen LogP contribution >= 0.6 is 0 Å². The van der Waals surface area contributed by atoms with Crippen molar-refractivity contribution in [2.75, 3.05) is 5.73 Å². The van der Waals surface area contributed by atoms with Crippen molar-refractivity contribution in [3.05, 3.63) is 46.6 Å². The number of aromatic amines is 1. The number of carbonyl (C=O) groups is 1. The van der Waals surface area contributed by atoms with Crippen LogP contribution < -0.4 is 16.7 Å². The number of nitrogens with zero attached hydrogens (tertiary/aromatic N) is 3. The molecule has 0 radical (unpaired) electrons. The van der Waals surface area contributed by atoms with Gasteiger partial charge in [0.1, 0.15) is 18.5 Å². The number of anilines is 1. The number of hydrogen-bond donors (Lipinski definition) is 3. The fourth-order valence-electron chi connectivity index (χ4n) is 2.45. The zero-order valence-electron chi connectivity index (χ0n) is 14.7. The molecule has 0 saturated carbocycles. The molecular formula is C17H20N6O3. The molecule has 0 fully saturated rings. The van der Waals surface area contributed by atoms with E-state index in [-0.39, 0.29) is 23.7 Å². The monoisotopic (exact) mass is 356 g/mol. The maximum absolute atomic E-state index is 12.3. The van der Waals surface area contributed by atoms with E-state index in [0.29, 0.717) is 16.9 Å². The first-order valence-electron chi connectivity index (χ1n) is 8.00. The molecule has 1 amide bonds. The van der Waals surface area contributed by atoms with Gasteiger partial charge in [0.2, 0.25) is 0 Å². The highest BCUT2D eigenvalue weighted by Gasteiger charge is 2.15. The summed E-state index contributed by atoms with van der Waals surface area (Å²) >= 11 is 0. The van der Waals surface area contributed by atoms with E-state index in [1.165, 1.54) is 10.9 Å². The smallest absolute Gasteiger partial charge is 0.407 e. The summed E-state index contributed by atoms with van der Waals surface area (Å²) in [5, 5.41) is 2.72. The molecule has 9 heteroatoms. The Morgan fingerprint density at radius 3 is 2.85 bits per heavy atom. The number of amides is 1. The highest BCUT2D eigenvalue weighted by Crippen LogP contribution is 2.17. The van der Waals surface area contributed by atoms with Gasteiger partial charge in [0.15, 0.2) is 11.5 Å². The van der Waals surface area contributed by atoms with E-state index < -0.39 is 6.09 Å². The van der Waals surface area contributed by atoms with Crippen LogP contribution in [0.5, 0.6) is 0 Å². The predicted molar refractivity (Wildman–Crippen MR) is 97.0 cm³/mol. The van der Waals surface area contributed by atoms with E-state index in [4.69, 9.17) is 10.5 Å². The first-order chi connectivity index (χ1) is 12.2. The van der Waals surface area contributed by atoms with E-state index in [2.05, 4.69) is 20.3 Å². The molecule has 136 valence electrons. The fraction of sp³-hybridized carbons (Fsp3) is 0.294. The summed E-state index contributed by atoms with van der Waals surface area (Å²) in [5.74, 6) is 0.198. The molecule has 3 rings (SSSR count). The van der Waals surface area contributed by atoms with E-state index in [9.17, 15) is 9.59 Å². The van der Waals surface area contributed by atoms with E-state index >= 15 is 0 Å². The van der Waals surface area contributed by atoms with Crippen molar-refractivity contribution >= 4 is 23.1 Å². The summed E-state index contributed by atoms with van der Waals surface area (Å²) in [5.41, 5.74) is 7.09. The van der Waals surface area contributed by atoms with Crippen LogP contribution in [0.25, 0.3) is 16.9 Å². The molecule has 0 unspecified atom stereocenters. The van der Waals surface area contributed by atoms with E-state index in [1.807, 2.05) is 20.8 Å². The Labute approximate surface area is 149 Å². The Morgan fingerprint density at radius 2 is 2.12 bits per heavy atom. The molecule has 2 heterocycles. The Kier molecular flexibility index (Phi) is 4.37. The summed E-state index contributed by atoms with van der Waals surface area (Å²) < 4.78 is 6.62. The summed E-state index contributed by atoms with van der Waals surface area (Å²) in [4.78, 5) is 34.8. The molecule has 0 atom stereocenters. The van der Waals surface area contributed by atoms with Crippen molar-refractivity contribution in [2.45, 2.75) is 32.9 Å². The Balaban J connectivity index is 1.87. The third kappa shape index (κ3) is 3.66. The minimum atomic E-state index is -0.507. The zero-order valence-corrected chi connectivity index (χ0v) is 14.7. The number of benzene rings is 1. The zero-order chi connectivity index (χ0) is 18.9. The van der Waals surface area contributed by atoms with Crippen LogP contribution in [-0.2, 0) is 11.3 Å². The fourth-order valence-corrected chi connectivity index (χ4v) is 2.45. The summed E-state index contributed by atoms with van der Waals surface area (Å²) in [6.45, 7) is 5.67. The number of ether oxygens (including phenoxy) is 1. The van der Waals surface area contributed by atoms with Crippen LogP contribution in [0.3, 0.4) is 0 Å². The molecular weight excluding hydrogens is 336 g/mol. The molecule has 0 aliphatic heterocycles. The van der Waals surface area contributed by atoms with Crippen LogP contribution in [0.15, 0.2) is 35.4 Å². The van der Waals surface area contributed by atoms with Gasteiger partial charge in [-0.3, -0.25) is 0 Å². The van der Waals surface area contributed by atoms with Gasteiger partial charge in [-0.15, -0.1) is 0 Å². The maximum Gasteiger partial charge on any atom is 0.407 e. The van der Waals surface area contributed by atoms with Crippen LogP contribution in [0.2, 0.25) is 0 Å². The van der Waals surface area contributed by atoms with Crippen molar-refractivity contribution in [1.29, 1.82) is 0 Å². The molecule has 0 bridgehead atoms. The number of hydrogen-bond acceptors (Lipinski definition) is 6. The standard InChI is InChI=1S/C17H20N6O3/c1-17(2,3)22-16(25)26-8-10-5-4-6-11(7-10)23-14-12(21-15(23)24)13(18)19-9-20-14/h4-7,9H,8H2,1-3H3,(H,21,24)(H,22,25)(H2,18,19,20). The van der Waals surface area contributed by atoms with Crippen LogP contribution in [0, 0.1) is 0 Å². The quantitative estimate of drug-likeness (QED) is 0.655. The lowest BCUT2D eigenvalue weighted by molar-refractivity contribution is 0.131. The van der Waals surface area contributed by atoms with Gasteiger partial charge in [-0.25, -0.2) is 24.1 Å². The lowest BCUT2D eigenvalue weighted by Gasteiger charge is -2.20. The molecule has 9 nitrogen and oxygen atoms in total. The molecule has 1 aromatic carbocycles. The van der Waals surface area contributed by atoms with E-state index in [1.54, 1.807) is 24.3 Å². The van der Waals surface area contributed by atoms with Crippen molar-refractivity contribution in [2.24, 2.45) is 0 Å². The lowest BCUT2D eigenvalue weighted by atomic mass is 10.1. The van der Waals surface area contributed by atoms with Crippen LogP contribution in [0.4, 0.5) is 10.6 Å². The molecule has 26 heavy (non-hydrogen) atoms. The van der Waals surface area contributed by atoms with Crippen molar-refractivity contribution in [3.8, 4) is 5.69 Å².